The van der Waals surface area contributed by atoms with Crippen LogP contribution >= 0.6 is 0 Å². The Hall–Kier alpha value is -3.09. The molecule has 3 nitrogen and oxygen atoms in total. The van der Waals surface area contributed by atoms with Crippen molar-refractivity contribution >= 4 is 23.2 Å². The molecule has 29 heavy (non-hydrogen) atoms. The first-order valence-corrected chi connectivity index (χ1v) is 9.08. The van der Waals surface area contributed by atoms with E-state index in [-0.39, 0.29) is 23.0 Å². The van der Waals surface area contributed by atoms with Gasteiger partial charge < -0.3 is 10.6 Å². The maximum absolute atomic E-state index is 14.3. The number of hydrogen-bond donors (Lipinski definition) is 2. The normalized spacial score (nSPS) is 11.5. The van der Waals surface area contributed by atoms with Gasteiger partial charge in [0.1, 0.15) is 11.6 Å². The molecule has 0 bridgehead atoms. The number of nitrogens with one attached hydrogen (secondary N) is 2. The fourth-order valence-corrected chi connectivity index (χ4v) is 2.63. The smallest absolute Gasteiger partial charge is 0.342 e. The Bertz CT molecular complexity index is 933. The third-order valence-electron chi connectivity index (χ3n) is 4.22. The lowest BCUT2D eigenvalue weighted by Gasteiger charge is -2.18. The molecule has 2 N–H and O–H groups in total. The van der Waals surface area contributed by atoms with Crippen LogP contribution in [0.5, 0.6) is 0 Å². The second-order valence-electron chi connectivity index (χ2n) is 6.31. The summed E-state index contributed by atoms with van der Waals surface area (Å²) in [6.07, 6.45) is -0.837. The van der Waals surface area contributed by atoms with Crippen LogP contribution in [0, 0.1) is 5.82 Å². The minimum absolute atomic E-state index is 0.0650. The minimum atomic E-state index is -4.48. The van der Waals surface area contributed by atoms with E-state index >= 15 is 0 Å². The van der Waals surface area contributed by atoms with Crippen LogP contribution in [0.4, 0.5) is 28.9 Å². The first-order chi connectivity index (χ1) is 13.7. The van der Waals surface area contributed by atoms with E-state index in [9.17, 15) is 22.4 Å². The highest BCUT2D eigenvalue weighted by Crippen LogP contribution is 2.33. The maximum atomic E-state index is 14.3. The highest BCUT2D eigenvalue weighted by Gasteiger charge is 2.31. The van der Waals surface area contributed by atoms with Crippen LogP contribution in [-0.4, -0.2) is 5.78 Å². The Balaban J connectivity index is 2.28. The molecule has 154 valence electrons. The predicted octanol–water partition coefficient (Wildman–Crippen LogP) is 6.39. The molecule has 0 amide bonds. The van der Waals surface area contributed by atoms with Gasteiger partial charge in [-0.3, -0.25) is 4.79 Å². The third kappa shape index (κ3) is 5.94. The van der Waals surface area contributed by atoms with E-state index in [0.29, 0.717) is 24.0 Å². The van der Waals surface area contributed by atoms with Gasteiger partial charge in [0.2, 0.25) is 0 Å². The summed E-state index contributed by atoms with van der Waals surface area (Å²) >= 11 is 0. The van der Waals surface area contributed by atoms with Crippen molar-refractivity contribution in [2.75, 3.05) is 10.6 Å². The maximum Gasteiger partial charge on any atom is 0.416 e. The number of aryl methyl sites for hydroxylation is 1. The van der Waals surface area contributed by atoms with Crippen LogP contribution in [-0.2, 0) is 17.4 Å². The lowest BCUT2D eigenvalue weighted by Crippen LogP contribution is -2.13. The van der Waals surface area contributed by atoms with Crippen molar-refractivity contribution in [1.82, 2.24) is 0 Å². The predicted molar refractivity (Wildman–Crippen MR) is 108 cm³/mol. The van der Waals surface area contributed by atoms with Gasteiger partial charge in [-0.1, -0.05) is 38.6 Å². The monoisotopic (exact) mass is 406 g/mol. The molecule has 0 saturated carbocycles. The van der Waals surface area contributed by atoms with Crippen molar-refractivity contribution in [2.45, 2.75) is 32.9 Å². The zero-order valence-corrected chi connectivity index (χ0v) is 16.2. The molecule has 0 aromatic heterocycles. The summed E-state index contributed by atoms with van der Waals surface area (Å²) < 4.78 is 53.4. The van der Waals surface area contributed by atoms with Crippen molar-refractivity contribution < 1.29 is 22.4 Å². The summed E-state index contributed by atoms with van der Waals surface area (Å²) in [6, 6.07) is 7.75. The summed E-state index contributed by atoms with van der Waals surface area (Å²) in [6.45, 7) is 7.27. The topological polar surface area (TPSA) is 41.1 Å². The van der Waals surface area contributed by atoms with E-state index in [1.54, 1.807) is 13.0 Å². The Morgan fingerprint density at radius 3 is 2.48 bits per heavy atom. The van der Waals surface area contributed by atoms with E-state index in [0.717, 1.165) is 12.1 Å². The minimum Gasteiger partial charge on any atom is -0.342 e. The molecule has 2 rings (SSSR count). The van der Waals surface area contributed by atoms with Crippen LogP contribution in [0.2, 0.25) is 0 Å². The molecule has 0 radical (unpaired) electrons. The number of carbonyl (C=O) groups is 1. The van der Waals surface area contributed by atoms with Crippen molar-refractivity contribution in [3.63, 3.8) is 0 Å². The number of allylic oxidation sites excluding steroid dienone is 1. The number of hydrogen-bond acceptors (Lipinski definition) is 3. The molecule has 0 unspecified atom stereocenters. The van der Waals surface area contributed by atoms with Crippen molar-refractivity contribution in [2.24, 2.45) is 0 Å². The molecule has 2 aromatic carbocycles. The second kappa shape index (κ2) is 9.41. The standard InChI is InChI=1S/C22H22F4N2O/c1-4-15-9-11-17(22(24,25)26)13-20(15)27-14(3)28-21-16(7-6-8-19(21)23)10-12-18(29)5-2/h6-13,27-28H,3-5H2,1-2H3/b12-10-. The van der Waals surface area contributed by atoms with E-state index in [1.807, 2.05) is 6.92 Å². The van der Waals surface area contributed by atoms with E-state index in [2.05, 4.69) is 17.2 Å². The molecule has 0 heterocycles. The molecule has 0 spiro atoms. The number of anilines is 2. The van der Waals surface area contributed by atoms with Gasteiger partial charge >= 0.3 is 6.18 Å². The molecular weight excluding hydrogens is 384 g/mol. The van der Waals surface area contributed by atoms with Gasteiger partial charge in [0.15, 0.2) is 5.78 Å². The first-order valence-electron chi connectivity index (χ1n) is 9.08. The highest BCUT2D eigenvalue weighted by molar-refractivity contribution is 5.94. The van der Waals surface area contributed by atoms with Crippen LogP contribution in [0.15, 0.2) is 54.9 Å². The SMILES string of the molecule is C=C(Nc1cc(C(F)(F)F)ccc1CC)Nc1c(F)cccc1/C=C\C(=O)CC. The summed E-state index contributed by atoms with van der Waals surface area (Å²) in [5.74, 6) is -0.604. The number of halogens is 4. The highest BCUT2D eigenvalue weighted by atomic mass is 19.4. The number of ketones is 1. The molecule has 0 aliphatic carbocycles. The number of carbonyl (C=O) groups excluding carboxylic acids is 1. The van der Waals surface area contributed by atoms with Crippen LogP contribution in [0.3, 0.4) is 0 Å². The molecule has 0 aliphatic heterocycles. The van der Waals surface area contributed by atoms with Crippen LogP contribution in [0.1, 0.15) is 37.0 Å². The fourth-order valence-electron chi connectivity index (χ4n) is 2.63. The summed E-state index contributed by atoms with van der Waals surface area (Å²) in [4.78, 5) is 11.5. The Labute approximate surface area is 167 Å². The summed E-state index contributed by atoms with van der Waals surface area (Å²) in [7, 11) is 0. The van der Waals surface area contributed by atoms with Crippen molar-refractivity contribution in [3.05, 3.63) is 77.4 Å². The van der Waals surface area contributed by atoms with Gasteiger partial charge in [0, 0.05) is 17.7 Å². The zero-order chi connectivity index (χ0) is 21.6. The van der Waals surface area contributed by atoms with E-state index in [1.165, 1.54) is 30.4 Å². The van der Waals surface area contributed by atoms with Gasteiger partial charge in [-0.15, -0.1) is 0 Å². The lowest BCUT2D eigenvalue weighted by molar-refractivity contribution is -0.137. The summed E-state index contributed by atoms with van der Waals surface area (Å²) in [5.41, 5.74) is 0.569. The van der Waals surface area contributed by atoms with Gasteiger partial charge in [0.25, 0.3) is 0 Å². The van der Waals surface area contributed by atoms with E-state index < -0.39 is 17.6 Å². The van der Waals surface area contributed by atoms with Gasteiger partial charge in [-0.25, -0.2) is 4.39 Å². The van der Waals surface area contributed by atoms with Crippen LogP contribution < -0.4 is 10.6 Å². The van der Waals surface area contributed by atoms with Gasteiger partial charge in [0.05, 0.1) is 11.3 Å². The van der Waals surface area contributed by atoms with Gasteiger partial charge in [-0.05, 0) is 42.3 Å². The lowest BCUT2D eigenvalue weighted by atomic mass is 10.1. The van der Waals surface area contributed by atoms with Crippen LogP contribution in [0.25, 0.3) is 6.08 Å². The largest absolute Gasteiger partial charge is 0.416 e. The Kier molecular flexibility index (Phi) is 7.20. The molecule has 0 fully saturated rings. The second-order valence-corrected chi connectivity index (χ2v) is 6.31. The molecule has 0 atom stereocenters. The number of benzene rings is 2. The quantitative estimate of drug-likeness (QED) is 0.394. The molecule has 2 aromatic rings. The molecule has 0 aliphatic rings. The van der Waals surface area contributed by atoms with Crippen molar-refractivity contribution in [3.8, 4) is 0 Å². The average Bonchev–Trinajstić information content (AvgIpc) is 2.67. The Morgan fingerprint density at radius 2 is 1.86 bits per heavy atom. The third-order valence-corrected chi connectivity index (χ3v) is 4.22. The Morgan fingerprint density at radius 1 is 1.14 bits per heavy atom. The summed E-state index contributed by atoms with van der Waals surface area (Å²) in [5, 5.41) is 5.54. The molecule has 0 saturated heterocycles. The fraction of sp³-hybridized carbons (Fsp3) is 0.227. The zero-order valence-electron chi connectivity index (χ0n) is 16.2. The van der Waals surface area contributed by atoms with E-state index in [4.69, 9.17) is 0 Å². The number of rotatable bonds is 8. The number of alkyl halides is 3. The molecule has 7 heteroatoms. The molecular formula is C22H22F4N2O. The first kappa shape index (κ1) is 22.2. The number of para-hydroxylation sites is 1. The average molecular weight is 406 g/mol. The van der Waals surface area contributed by atoms with Crippen molar-refractivity contribution in [1.29, 1.82) is 0 Å². The van der Waals surface area contributed by atoms with Gasteiger partial charge in [-0.2, -0.15) is 13.2 Å².